The number of nitrogens with one attached hydrogen (secondary N) is 2. The molecule has 0 aliphatic carbocycles. The van der Waals surface area contributed by atoms with Crippen molar-refractivity contribution < 1.29 is 9.18 Å². The number of halogens is 1. The lowest BCUT2D eigenvalue weighted by molar-refractivity contribution is -0.121. The van der Waals surface area contributed by atoms with E-state index in [4.69, 9.17) is 0 Å². The highest BCUT2D eigenvalue weighted by atomic mass is 19.1. The summed E-state index contributed by atoms with van der Waals surface area (Å²) in [5.41, 5.74) is 3.36. The van der Waals surface area contributed by atoms with Gasteiger partial charge in [0.05, 0.1) is 6.04 Å². The van der Waals surface area contributed by atoms with E-state index in [1.165, 1.54) is 23.1 Å². The van der Waals surface area contributed by atoms with Gasteiger partial charge in [-0.25, -0.2) is 4.39 Å². The number of amides is 1. The van der Waals surface area contributed by atoms with Crippen molar-refractivity contribution in [1.82, 2.24) is 15.2 Å². The lowest BCUT2D eigenvalue weighted by Crippen LogP contribution is -2.34. The first-order valence-corrected chi connectivity index (χ1v) is 9.28. The van der Waals surface area contributed by atoms with E-state index in [9.17, 15) is 9.18 Å². The normalized spacial score (nSPS) is 12.4. The summed E-state index contributed by atoms with van der Waals surface area (Å²) < 4.78 is 13.1. The molecule has 0 radical (unpaired) electrons. The second kappa shape index (κ2) is 8.82. The number of fused-ring (bicyclic) bond motifs is 1. The predicted octanol–water partition coefficient (Wildman–Crippen LogP) is 4.05. The van der Waals surface area contributed by atoms with Crippen LogP contribution in [0.25, 0.3) is 10.9 Å². The number of likely N-dealkylation sites (N-methyl/N-ethyl adjacent to an activating group) is 1. The number of aromatic nitrogens is 1. The number of aryl methyl sites for hydroxylation is 1. The Morgan fingerprint density at radius 3 is 2.63 bits per heavy atom. The van der Waals surface area contributed by atoms with Crippen molar-refractivity contribution >= 4 is 16.8 Å². The quantitative estimate of drug-likeness (QED) is 0.631. The van der Waals surface area contributed by atoms with Gasteiger partial charge < -0.3 is 15.2 Å². The first-order chi connectivity index (χ1) is 13.0. The summed E-state index contributed by atoms with van der Waals surface area (Å²) in [6, 6.07) is 14.7. The fourth-order valence-electron chi connectivity index (χ4n) is 3.36. The molecular weight excluding hydrogens is 341 g/mol. The Hall–Kier alpha value is -2.66. The van der Waals surface area contributed by atoms with Crippen LogP contribution in [0.3, 0.4) is 0 Å². The molecule has 142 valence electrons. The molecule has 0 saturated carbocycles. The minimum absolute atomic E-state index is 0.0168. The Morgan fingerprint density at radius 2 is 1.89 bits per heavy atom. The van der Waals surface area contributed by atoms with Crippen LogP contribution in [0.15, 0.2) is 54.7 Å². The van der Waals surface area contributed by atoms with E-state index in [-0.39, 0.29) is 17.8 Å². The lowest BCUT2D eigenvalue weighted by Gasteiger charge is -2.25. The zero-order valence-corrected chi connectivity index (χ0v) is 15.8. The second-order valence-corrected chi connectivity index (χ2v) is 7.05. The van der Waals surface area contributed by atoms with Crippen LogP contribution in [0, 0.1) is 5.82 Å². The highest BCUT2D eigenvalue weighted by Crippen LogP contribution is 2.20. The molecule has 2 aromatic carbocycles. The number of hydrogen-bond acceptors (Lipinski definition) is 2. The van der Waals surface area contributed by atoms with Crippen molar-refractivity contribution in [3.63, 3.8) is 0 Å². The fourth-order valence-corrected chi connectivity index (χ4v) is 3.36. The molecule has 0 aliphatic heterocycles. The molecule has 27 heavy (non-hydrogen) atoms. The molecule has 0 saturated heterocycles. The number of carbonyl (C=O) groups excluding carboxylic acids is 1. The van der Waals surface area contributed by atoms with E-state index in [2.05, 4.69) is 22.4 Å². The molecule has 4 nitrogen and oxygen atoms in total. The molecule has 1 atom stereocenters. The third-order valence-electron chi connectivity index (χ3n) is 4.90. The monoisotopic (exact) mass is 367 g/mol. The third-order valence-corrected chi connectivity index (χ3v) is 4.90. The molecule has 0 fully saturated rings. The van der Waals surface area contributed by atoms with E-state index in [1.54, 1.807) is 12.1 Å². The molecule has 3 rings (SSSR count). The third kappa shape index (κ3) is 4.95. The molecule has 0 spiro atoms. The number of para-hydroxylation sites is 1. The summed E-state index contributed by atoms with van der Waals surface area (Å²) in [6.45, 7) is 0.505. The number of benzene rings is 2. The average Bonchev–Trinajstić information content (AvgIpc) is 3.06. The zero-order chi connectivity index (χ0) is 19.2. The largest absolute Gasteiger partial charge is 0.361 e. The summed E-state index contributed by atoms with van der Waals surface area (Å²) in [5.74, 6) is -0.207. The van der Waals surface area contributed by atoms with Gasteiger partial charge in [-0.2, -0.15) is 0 Å². The predicted molar refractivity (Wildman–Crippen MR) is 107 cm³/mol. The van der Waals surface area contributed by atoms with Gasteiger partial charge >= 0.3 is 0 Å². The van der Waals surface area contributed by atoms with Crippen molar-refractivity contribution in [2.75, 3.05) is 20.6 Å². The van der Waals surface area contributed by atoms with Gasteiger partial charge in [0, 0.05) is 30.1 Å². The number of rotatable bonds is 8. The fraction of sp³-hybridized carbons (Fsp3) is 0.318. The Balaban J connectivity index is 1.49. The van der Waals surface area contributed by atoms with Gasteiger partial charge in [0.25, 0.3) is 0 Å². The number of aromatic amines is 1. The maximum absolute atomic E-state index is 13.1. The first-order valence-electron chi connectivity index (χ1n) is 9.28. The first kappa shape index (κ1) is 19.1. The summed E-state index contributed by atoms with van der Waals surface area (Å²) in [5, 5.41) is 4.24. The van der Waals surface area contributed by atoms with Crippen LogP contribution in [-0.2, 0) is 11.2 Å². The van der Waals surface area contributed by atoms with Crippen LogP contribution in [0.4, 0.5) is 4.39 Å². The van der Waals surface area contributed by atoms with Crippen LogP contribution in [0.1, 0.15) is 30.0 Å². The Morgan fingerprint density at radius 1 is 1.15 bits per heavy atom. The van der Waals surface area contributed by atoms with E-state index in [1.807, 2.05) is 37.3 Å². The number of hydrogen-bond donors (Lipinski definition) is 2. The molecule has 5 heteroatoms. The van der Waals surface area contributed by atoms with Gasteiger partial charge in [0.15, 0.2) is 0 Å². The smallest absolute Gasteiger partial charge is 0.220 e. The summed E-state index contributed by atoms with van der Waals surface area (Å²) in [6.07, 6.45) is 4.19. The van der Waals surface area contributed by atoms with E-state index < -0.39 is 0 Å². The molecule has 1 aromatic heterocycles. The van der Waals surface area contributed by atoms with Crippen LogP contribution < -0.4 is 5.32 Å². The van der Waals surface area contributed by atoms with Crippen LogP contribution in [0.5, 0.6) is 0 Å². The standard InChI is InChI=1S/C22H26FN3O/c1-26(2)21(16-10-12-18(23)13-11-16)15-25-22(27)9-5-6-17-14-24-20-8-4-3-7-19(17)20/h3-4,7-8,10-14,21,24H,5-6,9,15H2,1-2H3,(H,25,27). The Bertz CT molecular complexity index is 886. The topological polar surface area (TPSA) is 48.1 Å². The maximum Gasteiger partial charge on any atom is 0.220 e. The van der Waals surface area contributed by atoms with Crippen molar-refractivity contribution in [3.05, 3.63) is 71.7 Å². The number of H-pyrrole nitrogens is 1. The Labute approximate surface area is 159 Å². The zero-order valence-electron chi connectivity index (χ0n) is 15.8. The molecule has 3 aromatic rings. The molecule has 1 unspecified atom stereocenters. The second-order valence-electron chi connectivity index (χ2n) is 7.05. The molecule has 1 amide bonds. The number of nitrogens with zero attached hydrogens (tertiary/aromatic N) is 1. The lowest BCUT2D eigenvalue weighted by atomic mass is 10.1. The van der Waals surface area contributed by atoms with Crippen molar-refractivity contribution in [2.45, 2.75) is 25.3 Å². The van der Waals surface area contributed by atoms with E-state index in [0.29, 0.717) is 13.0 Å². The van der Waals surface area contributed by atoms with Gasteiger partial charge in [0.2, 0.25) is 5.91 Å². The van der Waals surface area contributed by atoms with Gasteiger partial charge in [-0.1, -0.05) is 30.3 Å². The van der Waals surface area contributed by atoms with E-state index >= 15 is 0 Å². The van der Waals surface area contributed by atoms with Crippen molar-refractivity contribution in [2.24, 2.45) is 0 Å². The minimum Gasteiger partial charge on any atom is -0.361 e. The molecule has 0 bridgehead atoms. The number of carbonyl (C=O) groups is 1. The molecule has 2 N–H and O–H groups in total. The highest BCUT2D eigenvalue weighted by Gasteiger charge is 2.15. The summed E-state index contributed by atoms with van der Waals surface area (Å²) >= 11 is 0. The van der Waals surface area contributed by atoms with Gasteiger partial charge in [0.1, 0.15) is 5.82 Å². The maximum atomic E-state index is 13.1. The van der Waals surface area contributed by atoms with Gasteiger partial charge in [-0.15, -0.1) is 0 Å². The summed E-state index contributed by atoms with van der Waals surface area (Å²) in [4.78, 5) is 17.5. The summed E-state index contributed by atoms with van der Waals surface area (Å²) in [7, 11) is 3.91. The molecular formula is C22H26FN3O. The SMILES string of the molecule is CN(C)C(CNC(=O)CCCc1c[nH]c2ccccc12)c1ccc(F)cc1. The molecule has 1 heterocycles. The van der Waals surface area contributed by atoms with Gasteiger partial charge in [-0.3, -0.25) is 4.79 Å². The highest BCUT2D eigenvalue weighted by molar-refractivity contribution is 5.83. The van der Waals surface area contributed by atoms with Crippen LogP contribution in [-0.4, -0.2) is 36.4 Å². The van der Waals surface area contributed by atoms with E-state index in [0.717, 1.165) is 23.9 Å². The van der Waals surface area contributed by atoms with Crippen LogP contribution >= 0.6 is 0 Å². The van der Waals surface area contributed by atoms with Crippen molar-refractivity contribution in [1.29, 1.82) is 0 Å². The average molecular weight is 367 g/mol. The minimum atomic E-state index is -0.252. The van der Waals surface area contributed by atoms with Crippen molar-refractivity contribution in [3.8, 4) is 0 Å². The Kier molecular flexibility index (Phi) is 6.24. The van der Waals surface area contributed by atoms with Gasteiger partial charge in [-0.05, 0) is 56.3 Å². The van der Waals surface area contributed by atoms with Crippen LogP contribution in [0.2, 0.25) is 0 Å². The molecule has 0 aliphatic rings.